The molecular weight excluding hydrogens is 690 g/mol. The van der Waals surface area contributed by atoms with Gasteiger partial charge in [-0.15, -0.1) is 0 Å². The van der Waals surface area contributed by atoms with E-state index in [-0.39, 0.29) is 0 Å². The van der Waals surface area contributed by atoms with E-state index in [1.54, 1.807) is 0 Å². The largest absolute Gasteiger partial charge is 0.310 e. The smallest absolute Gasteiger partial charge is 0.0755 e. The van der Waals surface area contributed by atoms with E-state index in [4.69, 9.17) is 0 Å². The Balaban J connectivity index is 1.37. The van der Waals surface area contributed by atoms with Crippen molar-refractivity contribution in [2.24, 2.45) is 0 Å². The summed E-state index contributed by atoms with van der Waals surface area (Å²) in [5.41, 5.74) is 15.5. The van der Waals surface area contributed by atoms with Gasteiger partial charge < -0.3 is 4.90 Å². The van der Waals surface area contributed by atoms with Crippen molar-refractivity contribution in [3.8, 4) is 33.4 Å². The molecule has 0 N–H and O–H groups in total. The minimum atomic E-state index is -0.485. The van der Waals surface area contributed by atoms with Crippen LogP contribution in [0.1, 0.15) is 22.3 Å². The molecule has 0 saturated heterocycles. The maximum absolute atomic E-state index is 3.84. The van der Waals surface area contributed by atoms with E-state index in [0.29, 0.717) is 0 Å². The Labute approximate surface area is 286 Å². The number of para-hydroxylation sites is 2. The molecule has 0 unspecified atom stereocenters. The van der Waals surface area contributed by atoms with Gasteiger partial charge in [-0.3, -0.25) is 0 Å². The summed E-state index contributed by atoms with van der Waals surface area (Å²) >= 11 is 7.69. The molecule has 46 heavy (non-hydrogen) atoms. The molecule has 0 bridgehead atoms. The van der Waals surface area contributed by atoms with Crippen LogP contribution >= 0.6 is 31.9 Å². The Hall–Kier alpha value is -4.70. The lowest BCUT2D eigenvalue weighted by Crippen LogP contribution is -2.36. The average molecular weight is 718 g/mol. The lowest BCUT2D eigenvalue weighted by molar-refractivity contribution is 0.751. The summed E-state index contributed by atoms with van der Waals surface area (Å²) in [4.78, 5) is 2.47. The van der Waals surface area contributed by atoms with Crippen molar-refractivity contribution < 1.29 is 0 Å². The number of hydrogen-bond acceptors (Lipinski definition) is 1. The minimum absolute atomic E-state index is 0.485. The summed E-state index contributed by atoms with van der Waals surface area (Å²) in [5, 5.41) is 0. The summed E-state index contributed by atoms with van der Waals surface area (Å²) in [6.07, 6.45) is 0. The first-order valence-electron chi connectivity index (χ1n) is 15.5. The molecule has 0 fully saturated rings. The van der Waals surface area contributed by atoms with E-state index < -0.39 is 5.41 Å². The monoisotopic (exact) mass is 715 g/mol. The Kier molecular flexibility index (Phi) is 6.41. The van der Waals surface area contributed by atoms with Crippen LogP contribution in [0.2, 0.25) is 0 Å². The Morgan fingerprint density at radius 2 is 0.804 bits per heavy atom. The number of nitrogens with zero attached hydrogens (tertiary/aromatic N) is 1. The zero-order valence-electron chi connectivity index (χ0n) is 24.8. The quantitative estimate of drug-likeness (QED) is 0.176. The van der Waals surface area contributed by atoms with Crippen LogP contribution in [-0.2, 0) is 5.41 Å². The van der Waals surface area contributed by atoms with Crippen LogP contribution in [0.25, 0.3) is 33.4 Å². The van der Waals surface area contributed by atoms with Crippen molar-refractivity contribution >= 4 is 48.9 Å². The van der Waals surface area contributed by atoms with Gasteiger partial charge >= 0.3 is 0 Å². The summed E-state index contributed by atoms with van der Waals surface area (Å²) in [5.74, 6) is 0. The topological polar surface area (TPSA) is 3.24 Å². The molecule has 2 aliphatic rings. The lowest BCUT2D eigenvalue weighted by atomic mass is 9.64. The van der Waals surface area contributed by atoms with Crippen molar-refractivity contribution in [2.45, 2.75) is 5.41 Å². The number of anilines is 3. The Morgan fingerprint density at radius 3 is 1.28 bits per heavy atom. The van der Waals surface area contributed by atoms with Crippen molar-refractivity contribution in [3.63, 3.8) is 0 Å². The maximum atomic E-state index is 3.84. The van der Waals surface area contributed by atoms with Crippen LogP contribution in [0.4, 0.5) is 17.1 Å². The number of rotatable bonds is 3. The Morgan fingerprint density at radius 1 is 0.370 bits per heavy atom. The molecule has 0 radical (unpaired) electrons. The van der Waals surface area contributed by atoms with Gasteiger partial charge in [-0.05, 0) is 110 Å². The highest BCUT2D eigenvalue weighted by molar-refractivity contribution is 9.10. The highest BCUT2D eigenvalue weighted by Crippen LogP contribution is 2.64. The van der Waals surface area contributed by atoms with E-state index in [0.717, 1.165) is 14.6 Å². The van der Waals surface area contributed by atoms with Crippen LogP contribution in [-0.4, -0.2) is 0 Å². The molecule has 1 spiro atoms. The van der Waals surface area contributed by atoms with Crippen molar-refractivity contribution in [3.05, 3.63) is 195 Å². The molecule has 0 aromatic heterocycles. The van der Waals surface area contributed by atoms with Crippen LogP contribution in [0.5, 0.6) is 0 Å². The molecule has 3 heteroatoms. The number of hydrogen-bond donors (Lipinski definition) is 0. The summed E-state index contributed by atoms with van der Waals surface area (Å²) in [6.45, 7) is 0. The number of benzene rings is 7. The van der Waals surface area contributed by atoms with Crippen molar-refractivity contribution in [2.75, 3.05) is 4.90 Å². The first-order valence-corrected chi connectivity index (χ1v) is 17.1. The van der Waals surface area contributed by atoms with Crippen LogP contribution in [0, 0.1) is 0 Å². The maximum Gasteiger partial charge on any atom is 0.0755 e. The van der Waals surface area contributed by atoms with Gasteiger partial charge in [0.05, 0.1) is 16.8 Å². The molecule has 1 heterocycles. The standard InChI is InChI=1S/C43H27Br2N/c44-32-19-21-35-36-22-20-33(45)27-40(36)43(39(35)26-32)37-15-7-9-17-41(37)46(42-18-10-8-16-38(42)43)34-24-30(28-11-3-1-4-12-28)23-31(25-34)29-13-5-2-6-14-29/h1-27H. The lowest BCUT2D eigenvalue weighted by Gasteiger charge is -2.45. The molecule has 1 nitrogen and oxygen atoms in total. The van der Waals surface area contributed by atoms with E-state index >= 15 is 0 Å². The Bertz CT molecular complexity index is 2130. The van der Waals surface area contributed by atoms with E-state index in [2.05, 4.69) is 201 Å². The number of fused-ring (bicyclic) bond motifs is 9. The zero-order valence-corrected chi connectivity index (χ0v) is 28.0. The van der Waals surface area contributed by atoms with Crippen LogP contribution in [0.3, 0.4) is 0 Å². The first kappa shape index (κ1) is 27.6. The predicted octanol–water partition coefficient (Wildman–Crippen LogP) is 12.7. The second-order valence-electron chi connectivity index (χ2n) is 12.0. The summed E-state index contributed by atoms with van der Waals surface area (Å²) in [7, 11) is 0. The average Bonchev–Trinajstić information content (AvgIpc) is 3.38. The van der Waals surface area contributed by atoms with Crippen LogP contribution < -0.4 is 4.90 Å². The third-order valence-electron chi connectivity index (χ3n) is 9.55. The fourth-order valence-electron chi connectivity index (χ4n) is 7.71. The molecule has 7 aromatic carbocycles. The third-order valence-corrected chi connectivity index (χ3v) is 10.5. The van der Waals surface area contributed by atoms with Gasteiger partial charge in [0.2, 0.25) is 0 Å². The molecular formula is C43H27Br2N. The highest BCUT2D eigenvalue weighted by Gasteiger charge is 2.51. The molecule has 0 atom stereocenters. The van der Waals surface area contributed by atoms with Gasteiger partial charge in [-0.1, -0.05) is 141 Å². The molecule has 9 rings (SSSR count). The van der Waals surface area contributed by atoms with Gasteiger partial charge in [0.25, 0.3) is 0 Å². The van der Waals surface area contributed by atoms with Crippen LogP contribution in [0.15, 0.2) is 173 Å². The van der Waals surface area contributed by atoms with Crippen molar-refractivity contribution in [1.29, 1.82) is 0 Å². The van der Waals surface area contributed by atoms with Crippen molar-refractivity contribution in [1.82, 2.24) is 0 Å². The van der Waals surface area contributed by atoms with E-state index in [9.17, 15) is 0 Å². The number of halogens is 2. The first-order chi connectivity index (χ1) is 22.6. The normalized spacial score (nSPS) is 13.6. The van der Waals surface area contributed by atoms with Gasteiger partial charge in [0.15, 0.2) is 0 Å². The molecule has 0 saturated carbocycles. The highest BCUT2D eigenvalue weighted by atomic mass is 79.9. The summed E-state index contributed by atoms with van der Waals surface area (Å²) in [6, 6.07) is 59.9. The van der Waals surface area contributed by atoms with Gasteiger partial charge in [-0.2, -0.15) is 0 Å². The molecule has 218 valence electrons. The SMILES string of the molecule is Brc1ccc2c(c1)C1(c3cc(Br)ccc3-2)c2ccccc2N(c2cc(-c3ccccc3)cc(-c3ccccc3)c2)c2ccccc21. The molecule has 1 aliphatic carbocycles. The fraction of sp³-hybridized carbons (Fsp3) is 0.0233. The second-order valence-corrected chi connectivity index (χ2v) is 13.8. The fourth-order valence-corrected chi connectivity index (χ4v) is 8.43. The van der Waals surface area contributed by atoms with Gasteiger partial charge in [0.1, 0.15) is 0 Å². The second kappa shape index (κ2) is 10.7. The van der Waals surface area contributed by atoms with E-state index in [1.807, 2.05) is 0 Å². The summed E-state index contributed by atoms with van der Waals surface area (Å²) < 4.78 is 2.16. The predicted molar refractivity (Wildman–Crippen MR) is 198 cm³/mol. The zero-order chi connectivity index (χ0) is 30.8. The molecule has 7 aromatic rings. The minimum Gasteiger partial charge on any atom is -0.310 e. The van der Waals surface area contributed by atoms with E-state index in [1.165, 1.54) is 67.0 Å². The van der Waals surface area contributed by atoms with Gasteiger partial charge in [0, 0.05) is 14.6 Å². The van der Waals surface area contributed by atoms with Gasteiger partial charge in [-0.25, -0.2) is 0 Å². The molecule has 0 amide bonds. The third kappa shape index (κ3) is 4.05. The molecule has 1 aliphatic heterocycles.